The number of benzene rings is 2. The van der Waals surface area contributed by atoms with Crippen molar-refractivity contribution < 1.29 is 9.53 Å². The van der Waals surface area contributed by atoms with E-state index in [1.54, 1.807) is 42.9 Å². The molecule has 1 N–H and O–H groups in total. The van der Waals surface area contributed by atoms with Gasteiger partial charge in [-0.1, -0.05) is 18.2 Å². The van der Waals surface area contributed by atoms with E-state index in [1.165, 1.54) is 4.68 Å². The fraction of sp³-hybridized carbons (Fsp3) is 0.150. The molecule has 0 fully saturated rings. The summed E-state index contributed by atoms with van der Waals surface area (Å²) in [6.45, 7) is 1.52. The summed E-state index contributed by atoms with van der Waals surface area (Å²) in [4.78, 5) is 25.0. The van der Waals surface area contributed by atoms with Crippen LogP contribution < -0.4 is 15.6 Å². The molecule has 136 valence electrons. The lowest BCUT2D eigenvalue weighted by Crippen LogP contribution is -2.25. The van der Waals surface area contributed by atoms with Gasteiger partial charge in [0.05, 0.1) is 23.0 Å². The van der Waals surface area contributed by atoms with Gasteiger partial charge in [-0.05, 0) is 43.3 Å². The Kier molecular flexibility index (Phi) is 5.08. The number of nitrogens with zero attached hydrogens (tertiary/aromatic N) is 3. The third-order valence-corrected chi connectivity index (χ3v) is 4.17. The molecule has 1 aromatic heterocycles. The Morgan fingerprint density at radius 3 is 2.44 bits per heavy atom. The predicted octanol–water partition coefficient (Wildman–Crippen LogP) is 2.37. The summed E-state index contributed by atoms with van der Waals surface area (Å²) in [5.41, 5.74) is 1.76. The van der Waals surface area contributed by atoms with E-state index in [-0.39, 0.29) is 17.9 Å². The van der Waals surface area contributed by atoms with Crippen molar-refractivity contribution >= 4 is 11.6 Å². The molecule has 0 saturated carbocycles. The van der Waals surface area contributed by atoms with Gasteiger partial charge in [0.2, 0.25) is 0 Å². The minimum absolute atomic E-state index is 0.217. The van der Waals surface area contributed by atoms with Crippen LogP contribution in [0.25, 0.3) is 5.69 Å². The predicted molar refractivity (Wildman–Crippen MR) is 101 cm³/mol. The minimum Gasteiger partial charge on any atom is -0.484 e. The van der Waals surface area contributed by atoms with E-state index in [0.717, 1.165) is 0 Å². The second kappa shape index (κ2) is 7.62. The van der Waals surface area contributed by atoms with Gasteiger partial charge in [-0.15, -0.1) is 0 Å². The molecule has 0 aliphatic heterocycles. The van der Waals surface area contributed by atoms with Crippen LogP contribution in [0.15, 0.2) is 59.4 Å². The number of hydrogen-bond acceptors (Lipinski definition) is 4. The Balaban J connectivity index is 1.74. The van der Waals surface area contributed by atoms with Crippen molar-refractivity contribution in [3.05, 3.63) is 76.2 Å². The Bertz CT molecular complexity index is 1060. The molecular formula is C20H18N4O3. The fourth-order valence-corrected chi connectivity index (χ4v) is 2.66. The Morgan fingerprint density at radius 2 is 1.81 bits per heavy atom. The third-order valence-electron chi connectivity index (χ3n) is 4.17. The van der Waals surface area contributed by atoms with Crippen LogP contribution in [0.5, 0.6) is 5.75 Å². The topological polar surface area (TPSA) is 89.1 Å². The highest BCUT2D eigenvalue weighted by atomic mass is 16.5. The van der Waals surface area contributed by atoms with Crippen molar-refractivity contribution in [3.8, 4) is 17.5 Å². The molecule has 0 spiro atoms. The lowest BCUT2D eigenvalue weighted by Gasteiger charge is -2.07. The van der Waals surface area contributed by atoms with Gasteiger partial charge in [-0.25, -0.2) is 4.68 Å². The molecule has 1 amide bonds. The Hall–Kier alpha value is -3.79. The normalized spacial score (nSPS) is 10.3. The molecule has 0 atom stereocenters. The number of aromatic nitrogens is 2. The van der Waals surface area contributed by atoms with Crippen molar-refractivity contribution in [1.29, 1.82) is 5.26 Å². The van der Waals surface area contributed by atoms with E-state index < -0.39 is 5.91 Å². The Morgan fingerprint density at radius 1 is 1.15 bits per heavy atom. The molecule has 0 unspecified atom stereocenters. The number of carbonyl (C=O) groups is 1. The smallest absolute Gasteiger partial charge is 0.295 e. The summed E-state index contributed by atoms with van der Waals surface area (Å²) in [5.74, 6) is 0.0287. The number of nitriles is 1. The standard InChI is InChI=1S/C20H18N4O3/c1-14-19(20(26)24(23(14)2)16-6-4-3-5-7-16)22-18(25)13-27-17-10-8-15(12-21)9-11-17/h3-11H,13H2,1-2H3,(H,22,25). The van der Waals surface area contributed by atoms with Gasteiger partial charge in [0.25, 0.3) is 11.5 Å². The van der Waals surface area contributed by atoms with Crippen LogP contribution in [0, 0.1) is 18.3 Å². The number of ether oxygens (including phenoxy) is 1. The molecule has 7 heteroatoms. The molecule has 3 rings (SSSR count). The van der Waals surface area contributed by atoms with Crippen molar-refractivity contribution in [2.45, 2.75) is 6.92 Å². The van der Waals surface area contributed by atoms with Crippen molar-refractivity contribution in [2.24, 2.45) is 7.05 Å². The van der Waals surface area contributed by atoms with E-state index >= 15 is 0 Å². The average molecular weight is 362 g/mol. The zero-order valence-corrected chi connectivity index (χ0v) is 15.0. The van der Waals surface area contributed by atoms with Gasteiger partial charge in [-0.2, -0.15) is 5.26 Å². The summed E-state index contributed by atoms with van der Waals surface area (Å²) < 4.78 is 8.59. The molecule has 0 saturated heterocycles. The van der Waals surface area contributed by atoms with E-state index in [4.69, 9.17) is 10.00 Å². The first-order valence-electron chi connectivity index (χ1n) is 8.28. The second-order valence-corrected chi connectivity index (χ2v) is 5.91. The van der Waals surface area contributed by atoms with Crippen LogP contribution in [0.1, 0.15) is 11.3 Å². The molecule has 0 bridgehead atoms. The minimum atomic E-state index is -0.439. The number of amides is 1. The lowest BCUT2D eigenvalue weighted by molar-refractivity contribution is -0.118. The summed E-state index contributed by atoms with van der Waals surface area (Å²) in [7, 11) is 1.76. The average Bonchev–Trinajstić information content (AvgIpc) is 2.90. The van der Waals surface area contributed by atoms with E-state index in [2.05, 4.69) is 5.32 Å². The number of rotatable bonds is 5. The molecule has 1 heterocycles. The van der Waals surface area contributed by atoms with Gasteiger partial charge < -0.3 is 10.1 Å². The largest absolute Gasteiger partial charge is 0.484 e. The maximum Gasteiger partial charge on any atom is 0.295 e. The molecule has 0 radical (unpaired) electrons. The summed E-state index contributed by atoms with van der Waals surface area (Å²) in [5, 5.41) is 11.4. The summed E-state index contributed by atoms with van der Waals surface area (Å²) >= 11 is 0. The highest BCUT2D eigenvalue weighted by molar-refractivity contribution is 5.92. The number of para-hydroxylation sites is 1. The molecule has 0 aliphatic carbocycles. The zero-order valence-electron chi connectivity index (χ0n) is 15.0. The second-order valence-electron chi connectivity index (χ2n) is 5.91. The first-order chi connectivity index (χ1) is 13.0. The van der Waals surface area contributed by atoms with Crippen LogP contribution >= 0.6 is 0 Å². The molecule has 2 aromatic carbocycles. The number of nitrogens with one attached hydrogen (secondary N) is 1. The van der Waals surface area contributed by atoms with Crippen LogP contribution in [0.2, 0.25) is 0 Å². The molecule has 27 heavy (non-hydrogen) atoms. The van der Waals surface area contributed by atoms with Crippen molar-refractivity contribution in [2.75, 3.05) is 11.9 Å². The lowest BCUT2D eigenvalue weighted by atomic mass is 10.2. The van der Waals surface area contributed by atoms with E-state index in [9.17, 15) is 9.59 Å². The number of carbonyl (C=O) groups excluding carboxylic acids is 1. The van der Waals surface area contributed by atoms with Crippen LogP contribution in [-0.4, -0.2) is 21.9 Å². The Labute approximate surface area is 156 Å². The SMILES string of the molecule is Cc1c(NC(=O)COc2ccc(C#N)cc2)c(=O)n(-c2ccccc2)n1C. The number of hydrogen-bond donors (Lipinski definition) is 1. The molecule has 0 aliphatic rings. The first kappa shape index (κ1) is 18.0. The fourth-order valence-electron chi connectivity index (χ4n) is 2.66. The monoisotopic (exact) mass is 362 g/mol. The van der Waals surface area contributed by atoms with E-state index in [0.29, 0.717) is 22.7 Å². The summed E-state index contributed by atoms with van der Waals surface area (Å²) in [6, 6.07) is 17.6. The molecule has 7 nitrogen and oxygen atoms in total. The number of anilines is 1. The highest BCUT2D eigenvalue weighted by Crippen LogP contribution is 2.15. The highest BCUT2D eigenvalue weighted by Gasteiger charge is 2.18. The third kappa shape index (κ3) is 3.75. The van der Waals surface area contributed by atoms with Gasteiger partial charge in [0, 0.05) is 7.05 Å². The van der Waals surface area contributed by atoms with Gasteiger partial charge in [-0.3, -0.25) is 14.3 Å². The molecule has 3 aromatic rings. The van der Waals surface area contributed by atoms with Gasteiger partial charge in [0.15, 0.2) is 6.61 Å². The van der Waals surface area contributed by atoms with Gasteiger partial charge in [0.1, 0.15) is 11.4 Å². The van der Waals surface area contributed by atoms with Crippen LogP contribution in [0.4, 0.5) is 5.69 Å². The van der Waals surface area contributed by atoms with Crippen LogP contribution in [-0.2, 0) is 11.8 Å². The maximum absolute atomic E-state index is 12.7. The summed E-state index contributed by atoms with van der Waals surface area (Å²) in [6.07, 6.45) is 0. The maximum atomic E-state index is 12.7. The van der Waals surface area contributed by atoms with Crippen LogP contribution in [0.3, 0.4) is 0 Å². The van der Waals surface area contributed by atoms with Crippen molar-refractivity contribution in [1.82, 2.24) is 9.36 Å². The first-order valence-corrected chi connectivity index (χ1v) is 8.28. The van der Waals surface area contributed by atoms with Crippen molar-refractivity contribution in [3.63, 3.8) is 0 Å². The zero-order chi connectivity index (χ0) is 19.4. The molecular weight excluding hydrogens is 344 g/mol. The van der Waals surface area contributed by atoms with E-state index in [1.807, 2.05) is 36.4 Å². The quantitative estimate of drug-likeness (QED) is 0.755. The van der Waals surface area contributed by atoms with Gasteiger partial charge >= 0.3 is 0 Å².